The zero-order valence-corrected chi connectivity index (χ0v) is 12.9. The van der Waals surface area contributed by atoms with Crippen LogP contribution in [0.5, 0.6) is 5.75 Å². The quantitative estimate of drug-likeness (QED) is 0.790. The molecule has 0 bridgehead atoms. The number of imide groups is 1. The van der Waals surface area contributed by atoms with Gasteiger partial charge in [-0.1, -0.05) is 0 Å². The molecule has 2 atom stereocenters. The van der Waals surface area contributed by atoms with Gasteiger partial charge in [-0.3, -0.25) is 9.59 Å². The minimum Gasteiger partial charge on any atom is -0.507 e. The van der Waals surface area contributed by atoms with E-state index in [0.717, 1.165) is 16.4 Å². The third-order valence-corrected chi connectivity index (χ3v) is 6.65. The van der Waals surface area contributed by atoms with Crippen molar-refractivity contribution in [2.24, 2.45) is 0 Å². The molecule has 112 valence electrons. The van der Waals surface area contributed by atoms with Crippen molar-refractivity contribution >= 4 is 52.2 Å². The summed E-state index contributed by atoms with van der Waals surface area (Å²) in [6, 6.07) is 4.67. The number of nitrogens with zero attached hydrogens (tertiary/aromatic N) is 3. The number of carbonyl (C=O) groups excluding carboxylic acids is 2. The van der Waals surface area contributed by atoms with Crippen LogP contribution in [0.2, 0.25) is 0 Å². The van der Waals surface area contributed by atoms with Gasteiger partial charge in [0, 0.05) is 17.7 Å². The topological polar surface area (TPSA) is 83.4 Å². The largest absolute Gasteiger partial charge is 0.507 e. The minimum absolute atomic E-state index is 0.0721. The second kappa shape index (κ2) is 5.13. The molecule has 2 fully saturated rings. The first-order valence-electron chi connectivity index (χ1n) is 6.72. The smallest absolute Gasteiger partial charge is 0.249 e. The van der Waals surface area contributed by atoms with Crippen molar-refractivity contribution in [3.05, 3.63) is 24.4 Å². The first-order valence-corrected chi connectivity index (χ1v) is 8.82. The number of anilines is 1. The lowest BCUT2D eigenvalue weighted by Gasteiger charge is -2.19. The lowest BCUT2D eigenvalue weighted by molar-refractivity contribution is -0.121. The van der Waals surface area contributed by atoms with Gasteiger partial charge in [0.05, 0.1) is 5.39 Å². The second-order valence-electron chi connectivity index (χ2n) is 4.97. The molecule has 2 saturated heterocycles. The summed E-state index contributed by atoms with van der Waals surface area (Å²) in [5, 5.41) is 9.62. The lowest BCUT2D eigenvalue weighted by atomic mass is 10.2. The maximum atomic E-state index is 12.5. The lowest BCUT2D eigenvalue weighted by Crippen LogP contribution is -2.32. The Bertz CT molecular complexity index is 774. The van der Waals surface area contributed by atoms with E-state index < -0.39 is 0 Å². The predicted octanol–water partition coefficient (Wildman–Crippen LogP) is 1.43. The maximum Gasteiger partial charge on any atom is 0.249 e. The molecule has 0 aromatic carbocycles. The summed E-state index contributed by atoms with van der Waals surface area (Å²) < 4.78 is 0. The van der Waals surface area contributed by atoms with Crippen LogP contribution in [0.25, 0.3) is 11.0 Å². The van der Waals surface area contributed by atoms with Gasteiger partial charge in [-0.2, -0.15) is 0 Å². The number of amides is 2. The summed E-state index contributed by atoms with van der Waals surface area (Å²) in [6.45, 7) is 0. The van der Waals surface area contributed by atoms with E-state index >= 15 is 0 Å². The Balaban J connectivity index is 1.78. The molecule has 2 unspecified atom stereocenters. The molecule has 0 aliphatic carbocycles. The molecule has 4 heterocycles. The van der Waals surface area contributed by atoms with Crippen molar-refractivity contribution in [2.75, 3.05) is 16.4 Å². The van der Waals surface area contributed by atoms with Crippen LogP contribution >= 0.6 is 23.5 Å². The monoisotopic (exact) mass is 333 g/mol. The molecule has 0 radical (unpaired) electrons. The summed E-state index contributed by atoms with van der Waals surface area (Å²) in [5.74, 6) is 1.68. The molecule has 8 heteroatoms. The normalized spacial score (nSPS) is 24.8. The fraction of sp³-hybridized carbons (Fsp3) is 0.286. The number of rotatable bonds is 1. The molecule has 6 nitrogen and oxygen atoms in total. The van der Waals surface area contributed by atoms with Crippen molar-refractivity contribution in [1.82, 2.24) is 9.97 Å². The zero-order chi connectivity index (χ0) is 15.3. The van der Waals surface area contributed by atoms with E-state index in [9.17, 15) is 14.7 Å². The number of aromatic nitrogens is 2. The zero-order valence-electron chi connectivity index (χ0n) is 11.3. The predicted molar refractivity (Wildman–Crippen MR) is 86.2 cm³/mol. The number of fused-ring (bicyclic) bond motifs is 2. The summed E-state index contributed by atoms with van der Waals surface area (Å²) in [4.78, 5) is 34.5. The van der Waals surface area contributed by atoms with Gasteiger partial charge in [-0.15, -0.1) is 23.5 Å². The van der Waals surface area contributed by atoms with E-state index in [1.807, 2.05) is 0 Å². The third kappa shape index (κ3) is 1.98. The fourth-order valence-corrected chi connectivity index (χ4v) is 5.47. The molecule has 0 spiro atoms. The van der Waals surface area contributed by atoms with Crippen molar-refractivity contribution in [3.63, 3.8) is 0 Å². The van der Waals surface area contributed by atoms with Gasteiger partial charge in [-0.25, -0.2) is 14.9 Å². The molecular formula is C14H11N3O3S2. The van der Waals surface area contributed by atoms with E-state index in [1.54, 1.807) is 12.1 Å². The van der Waals surface area contributed by atoms with Gasteiger partial charge >= 0.3 is 0 Å². The molecule has 2 amide bonds. The number of aromatic hydroxyl groups is 1. The number of pyridine rings is 2. The van der Waals surface area contributed by atoms with Crippen LogP contribution in [0.1, 0.15) is 0 Å². The molecule has 2 aromatic heterocycles. The Kier molecular flexibility index (Phi) is 3.23. The van der Waals surface area contributed by atoms with Gasteiger partial charge in [0.15, 0.2) is 5.65 Å². The number of hydrogen-bond donors (Lipinski definition) is 1. The number of hydrogen-bond acceptors (Lipinski definition) is 7. The van der Waals surface area contributed by atoms with E-state index in [0.29, 0.717) is 11.0 Å². The van der Waals surface area contributed by atoms with Gasteiger partial charge in [0.25, 0.3) is 0 Å². The molecule has 4 rings (SSSR count). The SMILES string of the molecule is O=C1C2SCCSC2C(=O)N1c1ccc2c(O)ccnc2n1. The molecule has 2 aromatic rings. The van der Waals surface area contributed by atoms with E-state index in [2.05, 4.69) is 9.97 Å². The van der Waals surface area contributed by atoms with Crippen LogP contribution in [-0.4, -0.2) is 48.9 Å². The van der Waals surface area contributed by atoms with Gasteiger partial charge < -0.3 is 5.11 Å². The van der Waals surface area contributed by atoms with Crippen molar-refractivity contribution in [3.8, 4) is 5.75 Å². The molecule has 2 aliphatic rings. The fourth-order valence-electron chi connectivity index (χ4n) is 2.64. The average Bonchev–Trinajstić information content (AvgIpc) is 2.79. The van der Waals surface area contributed by atoms with Crippen molar-refractivity contribution < 1.29 is 14.7 Å². The Morgan fingerprint density at radius 3 is 2.45 bits per heavy atom. The highest BCUT2D eigenvalue weighted by Crippen LogP contribution is 2.40. The second-order valence-corrected chi connectivity index (χ2v) is 7.46. The van der Waals surface area contributed by atoms with Crippen LogP contribution in [0.4, 0.5) is 5.82 Å². The highest BCUT2D eigenvalue weighted by molar-refractivity contribution is 8.08. The number of thioether (sulfide) groups is 2. The Morgan fingerprint density at radius 1 is 1.09 bits per heavy atom. The molecule has 0 saturated carbocycles. The molecule has 1 N–H and O–H groups in total. The van der Waals surface area contributed by atoms with Gasteiger partial charge in [0.1, 0.15) is 22.1 Å². The number of carbonyl (C=O) groups is 2. The molecular weight excluding hydrogens is 322 g/mol. The highest BCUT2D eigenvalue weighted by atomic mass is 32.2. The first-order chi connectivity index (χ1) is 10.7. The van der Waals surface area contributed by atoms with Crippen LogP contribution < -0.4 is 4.90 Å². The van der Waals surface area contributed by atoms with Crippen LogP contribution in [0, 0.1) is 0 Å². The van der Waals surface area contributed by atoms with Crippen LogP contribution in [0.15, 0.2) is 24.4 Å². The first kappa shape index (κ1) is 13.8. The summed E-state index contributed by atoms with van der Waals surface area (Å²) in [5.41, 5.74) is 0.313. The van der Waals surface area contributed by atoms with Crippen molar-refractivity contribution in [2.45, 2.75) is 10.5 Å². The maximum absolute atomic E-state index is 12.5. The summed E-state index contributed by atoms with van der Waals surface area (Å²) in [6.07, 6.45) is 1.44. The minimum atomic E-state index is -0.319. The summed E-state index contributed by atoms with van der Waals surface area (Å²) >= 11 is 3.07. The van der Waals surface area contributed by atoms with E-state index in [-0.39, 0.29) is 33.9 Å². The Morgan fingerprint density at radius 2 is 1.77 bits per heavy atom. The van der Waals surface area contributed by atoms with Crippen molar-refractivity contribution in [1.29, 1.82) is 0 Å². The average molecular weight is 333 g/mol. The molecule has 2 aliphatic heterocycles. The Labute approximate surface area is 134 Å². The third-order valence-electron chi connectivity index (χ3n) is 3.68. The standard InChI is InChI=1S/C14H11N3O3S2/c18-8-3-4-15-12-7(8)1-2-9(16-12)17-13(19)10-11(14(17)20)22-6-5-21-10/h1-4,10-11H,5-6H2,(H,15,16,18). The van der Waals surface area contributed by atoms with Crippen LogP contribution in [0.3, 0.4) is 0 Å². The van der Waals surface area contributed by atoms with Crippen LogP contribution in [-0.2, 0) is 9.59 Å². The van der Waals surface area contributed by atoms with E-state index in [1.165, 1.54) is 35.8 Å². The van der Waals surface area contributed by atoms with E-state index in [4.69, 9.17) is 0 Å². The Hall–Kier alpha value is -1.80. The highest BCUT2D eigenvalue weighted by Gasteiger charge is 2.50. The molecule has 22 heavy (non-hydrogen) atoms. The van der Waals surface area contributed by atoms with Gasteiger partial charge in [-0.05, 0) is 18.2 Å². The van der Waals surface area contributed by atoms with Gasteiger partial charge in [0.2, 0.25) is 11.8 Å². The summed E-state index contributed by atoms with van der Waals surface area (Å²) in [7, 11) is 0.